The van der Waals surface area contributed by atoms with Crippen LogP contribution in [0.5, 0.6) is 5.75 Å². The molecule has 5 heteroatoms. The molecule has 0 atom stereocenters. The van der Waals surface area contributed by atoms with Crippen LogP contribution < -0.4 is 10.1 Å². The second kappa shape index (κ2) is 6.72. The van der Waals surface area contributed by atoms with Gasteiger partial charge in [-0.05, 0) is 39.5 Å². The van der Waals surface area contributed by atoms with Gasteiger partial charge >= 0.3 is 0 Å². The summed E-state index contributed by atoms with van der Waals surface area (Å²) in [6, 6.07) is 17.3. The van der Waals surface area contributed by atoms with Gasteiger partial charge in [-0.3, -0.25) is 4.79 Å². The number of amides is 1. The maximum atomic E-state index is 12.7. The molecule has 0 saturated heterocycles. The van der Waals surface area contributed by atoms with Gasteiger partial charge in [0.05, 0.1) is 17.1 Å². The molecule has 0 unspecified atom stereocenters. The third-order valence-electron chi connectivity index (χ3n) is 3.49. The molecule has 0 aromatic heterocycles. The van der Waals surface area contributed by atoms with Crippen molar-refractivity contribution in [2.45, 2.75) is 0 Å². The van der Waals surface area contributed by atoms with Gasteiger partial charge in [0.1, 0.15) is 5.75 Å². The Morgan fingerprint density at radius 2 is 1.78 bits per heavy atom. The van der Waals surface area contributed by atoms with Gasteiger partial charge in [0.25, 0.3) is 5.91 Å². The number of halogens is 2. The topological polar surface area (TPSA) is 38.3 Å². The van der Waals surface area contributed by atoms with Crippen LogP contribution in [0.25, 0.3) is 10.8 Å². The summed E-state index contributed by atoms with van der Waals surface area (Å²) in [4.78, 5) is 12.7. The molecule has 3 rings (SSSR count). The van der Waals surface area contributed by atoms with Crippen molar-refractivity contribution in [1.29, 1.82) is 0 Å². The number of rotatable bonds is 3. The van der Waals surface area contributed by atoms with Gasteiger partial charge in [-0.2, -0.15) is 0 Å². The minimum absolute atomic E-state index is 0.222. The van der Waals surface area contributed by atoms with Crippen molar-refractivity contribution in [1.82, 2.24) is 0 Å². The highest BCUT2D eigenvalue weighted by atomic mass is 79.9. The monoisotopic (exact) mass is 433 g/mol. The van der Waals surface area contributed by atoms with E-state index in [1.54, 1.807) is 13.2 Å². The normalized spacial score (nSPS) is 10.6. The van der Waals surface area contributed by atoms with Crippen molar-refractivity contribution in [3.8, 4) is 5.75 Å². The zero-order valence-corrected chi connectivity index (χ0v) is 15.4. The maximum Gasteiger partial charge on any atom is 0.259 e. The van der Waals surface area contributed by atoms with Crippen LogP contribution in [0.1, 0.15) is 10.4 Å². The van der Waals surface area contributed by atoms with E-state index < -0.39 is 0 Å². The molecule has 23 heavy (non-hydrogen) atoms. The number of fused-ring (bicyclic) bond motifs is 1. The lowest BCUT2D eigenvalue weighted by molar-refractivity contribution is 0.102. The van der Waals surface area contributed by atoms with Gasteiger partial charge < -0.3 is 10.1 Å². The molecule has 0 aliphatic heterocycles. The van der Waals surface area contributed by atoms with Crippen molar-refractivity contribution < 1.29 is 9.53 Å². The van der Waals surface area contributed by atoms with E-state index in [9.17, 15) is 4.79 Å². The van der Waals surface area contributed by atoms with Gasteiger partial charge in [-0.1, -0.05) is 52.3 Å². The number of carbonyl (C=O) groups excluding carboxylic acids is 1. The molecule has 0 aliphatic carbocycles. The van der Waals surface area contributed by atoms with E-state index in [4.69, 9.17) is 4.74 Å². The third kappa shape index (κ3) is 3.26. The fourth-order valence-electron chi connectivity index (χ4n) is 2.46. The lowest BCUT2D eigenvalue weighted by Gasteiger charge is -2.13. The van der Waals surface area contributed by atoms with Crippen molar-refractivity contribution in [3.05, 3.63) is 69.1 Å². The summed E-state index contributed by atoms with van der Waals surface area (Å²) in [6.07, 6.45) is 0. The van der Waals surface area contributed by atoms with Gasteiger partial charge in [-0.15, -0.1) is 0 Å². The molecule has 1 N–H and O–H groups in total. The molecule has 0 radical (unpaired) electrons. The summed E-state index contributed by atoms with van der Waals surface area (Å²) in [5, 5.41) is 5.04. The van der Waals surface area contributed by atoms with Crippen LogP contribution >= 0.6 is 31.9 Å². The van der Waals surface area contributed by atoms with E-state index in [1.807, 2.05) is 48.5 Å². The fraction of sp³-hybridized carbons (Fsp3) is 0.0556. The van der Waals surface area contributed by atoms with E-state index >= 15 is 0 Å². The fourth-order valence-corrected chi connectivity index (χ4v) is 3.85. The first-order chi connectivity index (χ1) is 11.1. The smallest absolute Gasteiger partial charge is 0.259 e. The van der Waals surface area contributed by atoms with Crippen LogP contribution in [-0.2, 0) is 0 Å². The number of carbonyl (C=O) groups is 1. The van der Waals surface area contributed by atoms with Gasteiger partial charge in [0.15, 0.2) is 0 Å². The Kier molecular flexibility index (Phi) is 4.68. The summed E-state index contributed by atoms with van der Waals surface area (Å²) >= 11 is 6.82. The molecule has 0 spiro atoms. The number of methoxy groups -OCH3 is 1. The molecule has 1 amide bonds. The summed E-state index contributed by atoms with van der Waals surface area (Å²) in [5.41, 5.74) is 1.23. The number of ether oxygens (including phenoxy) is 1. The van der Waals surface area contributed by atoms with Gasteiger partial charge in [-0.25, -0.2) is 0 Å². The first-order valence-corrected chi connectivity index (χ1v) is 8.51. The van der Waals surface area contributed by atoms with Crippen molar-refractivity contribution in [3.63, 3.8) is 0 Å². The molecule has 0 saturated carbocycles. The average molecular weight is 435 g/mol. The Bertz CT molecular complexity index is 888. The first-order valence-electron chi connectivity index (χ1n) is 6.92. The highest BCUT2D eigenvalue weighted by molar-refractivity contribution is 9.11. The molecule has 0 heterocycles. The molecule has 116 valence electrons. The molecule has 0 fully saturated rings. The number of nitrogens with one attached hydrogen (secondary N) is 1. The quantitative estimate of drug-likeness (QED) is 0.580. The molecular formula is C18H13Br2NO2. The van der Waals surface area contributed by atoms with E-state index in [0.717, 1.165) is 25.4 Å². The van der Waals surface area contributed by atoms with Crippen molar-refractivity contribution in [2.75, 3.05) is 12.4 Å². The molecule has 0 aliphatic rings. The SMILES string of the molecule is COc1c(Br)cc(Br)cc1C(=O)Nc1cccc2ccccc12. The second-order valence-electron chi connectivity index (χ2n) is 4.95. The Morgan fingerprint density at radius 1 is 1.04 bits per heavy atom. The zero-order chi connectivity index (χ0) is 16.4. The molecule has 3 aromatic rings. The highest BCUT2D eigenvalue weighted by Gasteiger charge is 2.17. The summed E-state index contributed by atoms with van der Waals surface area (Å²) in [5.74, 6) is 0.283. The van der Waals surface area contributed by atoms with Crippen LogP contribution in [-0.4, -0.2) is 13.0 Å². The molecular weight excluding hydrogens is 422 g/mol. The largest absolute Gasteiger partial charge is 0.495 e. The zero-order valence-electron chi connectivity index (χ0n) is 12.3. The maximum absolute atomic E-state index is 12.7. The van der Waals surface area contributed by atoms with Gasteiger partial charge in [0.2, 0.25) is 0 Å². The predicted molar refractivity (Wildman–Crippen MR) is 100 cm³/mol. The summed E-state index contributed by atoms with van der Waals surface area (Å²) in [7, 11) is 1.54. The Hall–Kier alpha value is -1.85. The lowest BCUT2D eigenvalue weighted by atomic mass is 10.1. The molecule has 3 aromatic carbocycles. The Labute approximate surface area is 150 Å². The lowest BCUT2D eigenvalue weighted by Crippen LogP contribution is -2.13. The molecule has 0 bridgehead atoms. The number of benzene rings is 3. The minimum atomic E-state index is -0.222. The highest BCUT2D eigenvalue weighted by Crippen LogP contribution is 2.33. The van der Waals surface area contributed by atoms with Crippen LogP contribution in [0.2, 0.25) is 0 Å². The van der Waals surface area contributed by atoms with Crippen molar-refractivity contribution in [2.24, 2.45) is 0 Å². The Morgan fingerprint density at radius 3 is 2.57 bits per heavy atom. The average Bonchev–Trinajstić information content (AvgIpc) is 2.54. The van der Waals surface area contributed by atoms with Crippen LogP contribution in [0.15, 0.2) is 63.5 Å². The van der Waals surface area contributed by atoms with Crippen molar-refractivity contribution >= 4 is 54.2 Å². The molecule has 3 nitrogen and oxygen atoms in total. The van der Waals surface area contributed by atoms with E-state index in [1.165, 1.54) is 0 Å². The van der Waals surface area contributed by atoms with Crippen LogP contribution in [0.4, 0.5) is 5.69 Å². The number of anilines is 1. The number of hydrogen-bond donors (Lipinski definition) is 1. The third-order valence-corrected chi connectivity index (χ3v) is 4.54. The minimum Gasteiger partial charge on any atom is -0.495 e. The van der Waals surface area contributed by atoms with Crippen LogP contribution in [0.3, 0.4) is 0 Å². The van der Waals surface area contributed by atoms with E-state index in [0.29, 0.717) is 11.3 Å². The van der Waals surface area contributed by atoms with E-state index in [-0.39, 0.29) is 5.91 Å². The van der Waals surface area contributed by atoms with Gasteiger partial charge in [0, 0.05) is 15.5 Å². The second-order valence-corrected chi connectivity index (χ2v) is 6.72. The summed E-state index contributed by atoms with van der Waals surface area (Å²) in [6.45, 7) is 0. The standard InChI is InChI=1S/C18H13Br2NO2/c1-23-17-14(9-12(19)10-15(17)20)18(22)21-16-8-4-6-11-5-2-3-7-13(11)16/h2-10H,1H3,(H,21,22). The first kappa shape index (κ1) is 16.0. The van der Waals surface area contributed by atoms with E-state index in [2.05, 4.69) is 37.2 Å². The Balaban J connectivity index is 2.02. The predicted octanol–water partition coefficient (Wildman–Crippen LogP) is 5.63. The number of hydrogen-bond acceptors (Lipinski definition) is 2. The summed E-state index contributed by atoms with van der Waals surface area (Å²) < 4.78 is 6.87. The van der Waals surface area contributed by atoms with Crippen LogP contribution in [0, 0.1) is 0 Å².